The lowest BCUT2D eigenvalue weighted by atomic mass is 10.0. The largest absolute Gasteiger partial charge is 0.495 e. The van der Waals surface area contributed by atoms with Crippen LogP contribution in [0.25, 0.3) is 11.1 Å². The van der Waals surface area contributed by atoms with Gasteiger partial charge >= 0.3 is 0 Å². The molecule has 0 saturated carbocycles. The van der Waals surface area contributed by atoms with Gasteiger partial charge in [-0.25, -0.2) is 4.39 Å². The molecule has 172 valence electrons. The molecule has 0 fully saturated rings. The standard InChI is InChI=1S/C21H16BrClFNO2.C2H6O.C2H6/c1-12-7-13(3-5-17(12)23)16-9-21(27-2)20(10-18(16)24)25-19-6-4-15(22)8-14(19)11-26;1-3-2;1-2/h3-11,25H,1-2H3;1-2H3;1-2H3. The molecule has 0 radical (unpaired) electrons. The number of hydrogen-bond acceptors (Lipinski definition) is 4. The second-order valence-electron chi connectivity index (χ2n) is 6.38. The molecule has 0 atom stereocenters. The number of hydrogen-bond donors (Lipinski definition) is 1. The first-order valence-corrected chi connectivity index (χ1v) is 11.1. The average molecular weight is 525 g/mol. The zero-order chi connectivity index (χ0) is 24.3. The molecule has 4 nitrogen and oxygen atoms in total. The van der Waals surface area contributed by atoms with Gasteiger partial charge in [0, 0.05) is 46.6 Å². The zero-order valence-electron chi connectivity index (χ0n) is 19.1. The summed E-state index contributed by atoms with van der Waals surface area (Å²) < 4.78 is 25.3. The molecule has 1 N–H and O–H groups in total. The summed E-state index contributed by atoms with van der Waals surface area (Å²) >= 11 is 9.39. The Morgan fingerprint density at radius 1 is 1.00 bits per heavy atom. The van der Waals surface area contributed by atoms with Gasteiger partial charge in [0.15, 0.2) is 6.29 Å². The van der Waals surface area contributed by atoms with Crippen LogP contribution < -0.4 is 10.1 Å². The number of halogens is 3. The summed E-state index contributed by atoms with van der Waals surface area (Å²) in [6, 6.07) is 13.5. The number of carbonyl (C=O) groups excluding carboxylic acids is 1. The van der Waals surface area contributed by atoms with Gasteiger partial charge in [0.2, 0.25) is 0 Å². The van der Waals surface area contributed by atoms with Gasteiger partial charge in [0.25, 0.3) is 0 Å². The lowest BCUT2D eigenvalue weighted by Crippen LogP contribution is -2.00. The number of ether oxygens (including phenoxy) is 2. The Hall–Kier alpha value is -2.41. The van der Waals surface area contributed by atoms with Gasteiger partial charge in [-0.15, -0.1) is 0 Å². The third kappa shape index (κ3) is 7.33. The molecule has 0 spiro atoms. The fourth-order valence-electron chi connectivity index (χ4n) is 2.74. The van der Waals surface area contributed by atoms with E-state index in [4.69, 9.17) is 16.3 Å². The molecule has 0 unspecified atom stereocenters. The summed E-state index contributed by atoms with van der Waals surface area (Å²) in [4.78, 5) is 11.3. The summed E-state index contributed by atoms with van der Waals surface area (Å²) in [5, 5.41) is 3.70. The first-order valence-electron chi connectivity index (χ1n) is 9.90. The van der Waals surface area contributed by atoms with Crippen molar-refractivity contribution in [3.63, 3.8) is 0 Å². The lowest BCUT2D eigenvalue weighted by molar-refractivity contribution is 0.112. The highest BCUT2D eigenvalue weighted by Crippen LogP contribution is 2.36. The molecule has 0 amide bonds. The predicted molar refractivity (Wildman–Crippen MR) is 135 cm³/mol. The topological polar surface area (TPSA) is 47.6 Å². The Morgan fingerprint density at radius 3 is 2.22 bits per heavy atom. The SMILES string of the molecule is CC.COC.COc1cc(-c2ccc(Cl)c(C)c2)c(F)cc1Nc1ccc(Br)cc1C=O. The van der Waals surface area contributed by atoms with E-state index in [0.29, 0.717) is 38.8 Å². The minimum atomic E-state index is -0.412. The van der Waals surface area contributed by atoms with E-state index in [1.54, 1.807) is 50.6 Å². The highest BCUT2D eigenvalue weighted by Gasteiger charge is 2.14. The van der Waals surface area contributed by atoms with Gasteiger partial charge in [0.05, 0.1) is 12.8 Å². The third-order valence-corrected chi connectivity index (χ3v) is 5.09. The van der Waals surface area contributed by atoms with Crippen molar-refractivity contribution in [1.82, 2.24) is 0 Å². The van der Waals surface area contributed by atoms with Gasteiger partial charge in [-0.1, -0.05) is 47.4 Å². The second kappa shape index (κ2) is 13.9. The van der Waals surface area contributed by atoms with Crippen LogP contribution in [0.15, 0.2) is 53.0 Å². The van der Waals surface area contributed by atoms with Crippen LogP contribution in [0, 0.1) is 12.7 Å². The van der Waals surface area contributed by atoms with E-state index >= 15 is 0 Å². The number of nitrogens with one attached hydrogen (secondary N) is 1. The minimum absolute atomic E-state index is 0.406. The van der Waals surface area contributed by atoms with Crippen molar-refractivity contribution in [3.8, 4) is 16.9 Å². The molecule has 0 aliphatic carbocycles. The van der Waals surface area contributed by atoms with E-state index in [1.807, 2.05) is 26.8 Å². The fourth-order valence-corrected chi connectivity index (χ4v) is 3.24. The second-order valence-corrected chi connectivity index (χ2v) is 7.70. The van der Waals surface area contributed by atoms with Crippen molar-refractivity contribution in [2.45, 2.75) is 20.8 Å². The van der Waals surface area contributed by atoms with E-state index in [-0.39, 0.29) is 0 Å². The Bertz CT molecular complexity index is 1040. The van der Waals surface area contributed by atoms with Crippen molar-refractivity contribution in [1.29, 1.82) is 0 Å². The van der Waals surface area contributed by atoms with Gasteiger partial charge in [-0.3, -0.25) is 4.79 Å². The molecule has 0 aromatic heterocycles. The smallest absolute Gasteiger partial charge is 0.152 e. The molecule has 3 rings (SSSR count). The molecule has 7 heteroatoms. The zero-order valence-corrected chi connectivity index (χ0v) is 21.4. The van der Waals surface area contributed by atoms with E-state index < -0.39 is 5.82 Å². The van der Waals surface area contributed by atoms with E-state index in [2.05, 4.69) is 26.0 Å². The predicted octanol–water partition coefficient (Wildman–Crippen LogP) is 8.07. The monoisotopic (exact) mass is 523 g/mol. The number of rotatable bonds is 5. The number of aldehydes is 1. The third-order valence-electron chi connectivity index (χ3n) is 4.17. The first kappa shape index (κ1) is 27.6. The summed E-state index contributed by atoms with van der Waals surface area (Å²) in [6.07, 6.45) is 0.737. The van der Waals surface area contributed by atoms with Crippen molar-refractivity contribution in [2.24, 2.45) is 0 Å². The van der Waals surface area contributed by atoms with Crippen LogP contribution >= 0.6 is 27.5 Å². The average Bonchev–Trinajstić information content (AvgIpc) is 2.79. The number of aryl methyl sites for hydroxylation is 1. The van der Waals surface area contributed by atoms with E-state index in [0.717, 1.165) is 16.3 Å². The summed E-state index contributed by atoms with van der Waals surface area (Å²) in [5.74, 6) is 0.0450. The Kier molecular flexibility index (Phi) is 12.0. The molecule has 0 aliphatic heterocycles. The molecule has 3 aromatic rings. The normalized spacial score (nSPS) is 9.66. The molecule has 0 bridgehead atoms. The lowest BCUT2D eigenvalue weighted by Gasteiger charge is -2.15. The van der Waals surface area contributed by atoms with Gasteiger partial charge in [0.1, 0.15) is 11.6 Å². The quantitative estimate of drug-likeness (QED) is 0.343. The van der Waals surface area contributed by atoms with Crippen LogP contribution in [0.5, 0.6) is 5.75 Å². The minimum Gasteiger partial charge on any atom is -0.495 e. The summed E-state index contributed by atoms with van der Waals surface area (Å²) in [7, 11) is 4.76. The van der Waals surface area contributed by atoms with Gasteiger partial charge in [-0.2, -0.15) is 0 Å². The van der Waals surface area contributed by atoms with Crippen LogP contribution in [0.4, 0.5) is 15.8 Å². The van der Waals surface area contributed by atoms with Crippen molar-refractivity contribution >= 4 is 45.2 Å². The molecule has 0 heterocycles. The Balaban J connectivity index is 0.000000944. The van der Waals surface area contributed by atoms with Gasteiger partial charge in [-0.05, 0) is 54.4 Å². The van der Waals surface area contributed by atoms with E-state index in [9.17, 15) is 9.18 Å². The number of carbonyl (C=O) groups is 1. The fraction of sp³-hybridized carbons (Fsp3) is 0.240. The molecular weight excluding hydrogens is 497 g/mol. The maximum atomic E-state index is 14.8. The van der Waals surface area contributed by atoms with Crippen LogP contribution in [-0.4, -0.2) is 27.6 Å². The molecule has 0 aliphatic rings. The van der Waals surface area contributed by atoms with Crippen molar-refractivity contribution in [2.75, 3.05) is 26.6 Å². The van der Waals surface area contributed by atoms with E-state index in [1.165, 1.54) is 13.2 Å². The molecule has 0 saturated heterocycles. The molecule has 32 heavy (non-hydrogen) atoms. The molecular formula is C25H28BrClFNO3. The van der Waals surface area contributed by atoms with Gasteiger partial charge < -0.3 is 14.8 Å². The van der Waals surface area contributed by atoms with Crippen molar-refractivity contribution in [3.05, 3.63) is 75.0 Å². The van der Waals surface area contributed by atoms with Crippen molar-refractivity contribution < 1.29 is 18.7 Å². The highest BCUT2D eigenvalue weighted by atomic mass is 79.9. The summed E-state index contributed by atoms with van der Waals surface area (Å²) in [6.45, 7) is 5.87. The highest BCUT2D eigenvalue weighted by molar-refractivity contribution is 9.10. The Labute approximate surface area is 202 Å². The number of methoxy groups -OCH3 is 2. The number of benzene rings is 3. The molecule has 3 aromatic carbocycles. The maximum absolute atomic E-state index is 14.8. The first-order chi connectivity index (χ1) is 15.3. The summed E-state index contributed by atoms with van der Waals surface area (Å²) in [5.41, 5.74) is 3.40. The Morgan fingerprint density at radius 2 is 1.66 bits per heavy atom. The van der Waals surface area contributed by atoms with Crippen LogP contribution in [0.3, 0.4) is 0 Å². The maximum Gasteiger partial charge on any atom is 0.152 e. The number of anilines is 2. The van der Waals surface area contributed by atoms with Crippen LogP contribution in [-0.2, 0) is 4.74 Å². The van der Waals surface area contributed by atoms with Crippen LogP contribution in [0.1, 0.15) is 29.8 Å². The van der Waals surface area contributed by atoms with Crippen LogP contribution in [0.2, 0.25) is 5.02 Å².